The number of nitrogens with one attached hydrogen (secondary N) is 1. The Bertz CT molecular complexity index is 939. The Kier molecular flexibility index (Phi) is 4.53. The monoisotopic (exact) mass is 367 g/mol. The molecule has 138 valence electrons. The van der Waals surface area contributed by atoms with Crippen LogP contribution in [0, 0.1) is 12.7 Å². The molecule has 3 aromatic rings. The predicted octanol–water partition coefficient (Wildman–Crippen LogP) is 2.61. The highest BCUT2D eigenvalue weighted by molar-refractivity contribution is 5.93. The Morgan fingerprint density at radius 3 is 2.78 bits per heavy atom. The number of carbonyl (C=O) groups excluding carboxylic acids is 1. The number of aromatic nitrogens is 4. The van der Waals surface area contributed by atoms with Gasteiger partial charge in [0.25, 0.3) is 5.91 Å². The van der Waals surface area contributed by atoms with Gasteiger partial charge in [0.05, 0.1) is 17.9 Å². The van der Waals surface area contributed by atoms with E-state index >= 15 is 0 Å². The van der Waals surface area contributed by atoms with Gasteiger partial charge in [-0.15, -0.1) is 5.10 Å². The fraction of sp³-hybridized carbons (Fsp3) is 0.263. The second-order valence-electron chi connectivity index (χ2n) is 6.47. The van der Waals surface area contributed by atoms with Gasteiger partial charge in [0.15, 0.2) is 0 Å². The van der Waals surface area contributed by atoms with E-state index in [0.717, 1.165) is 17.7 Å². The fourth-order valence-corrected chi connectivity index (χ4v) is 3.00. The van der Waals surface area contributed by atoms with Crippen molar-refractivity contribution in [2.75, 3.05) is 13.1 Å². The lowest BCUT2D eigenvalue weighted by atomic mass is 10.1. The average molecular weight is 367 g/mol. The minimum absolute atomic E-state index is 0.120. The van der Waals surface area contributed by atoms with Crippen LogP contribution in [0.2, 0.25) is 0 Å². The quantitative estimate of drug-likeness (QED) is 0.766. The maximum absolute atomic E-state index is 13.0. The highest BCUT2D eigenvalue weighted by Gasteiger charge is 2.29. The van der Waals surface area contributed by atoms with Crippen LogP contribution in [0.1, 0.15) is 22.6 Å². The summed E-state index contributed by atoms with van der Waals surface area (Å²) in [5, 5.41) is 14.9. The summed E-state index contributed by atoms with van der Waals surface area (Å²) in [5.41, 5.74) is 2.56. The van der Waals surface area contributed by atoms with Crippen molar-refractivity contribution in [1.29, 1.82) is 0 Å². The van der Waals surface area contributed by atoms with Crippen LogP contribution < -0.4 is 4.74 Å². The van der Waals surface area contributed by atoms with Gasteiger partial charge >= 0.3 is 0 Å². The van der Waals surface area contributed by atoms with Crippen LogP contribution in [0.4, 0.5) is 4.39 Å². The van der Waals surface area contributed by atoms with Crippen molar-refractivity contribution in [3.05, 3.63) is 59.7 Å². The molecule has 1 unspecified atom stereocenters. The number of halogens is 1. The third-order valence-electron chi connectivity index (χ3n) is 4.44. The first-order valence-electron chi connectivity index (χ1n) is 8.66. The van der Waals surface area contributed by atoms with Crippen LogP contribution in [-0.2, 0) is 0 Å². The zero-order chi connectivity index (χ0) is 18.8. The highest BCUT2D eigenvalue weighted by Crippen LogP contribution is 2.21. The Balaban J connectivity index is 1.40. The van der Waals surface area contributed by atoms with Crippen LogP contribution in [0.25, 0.3) is 11.3 Å². The summed E-state index contributed by atoms with van der Waals surface area (Å²) in [6, 6.07) is 11.3. The summed E-state index contributed by atoms with van der Waals surface area (Å²) in [4.78, 5) is 14.4. The molecule has 4 rings (SSSR count). The standard InChI is InChI=1S/C19H18FN5O2/c1-12-2-7-18(24-21-12)27-15-8-9-25(11-15)19(26)17-10-16(22-23-17)13-3-5-14(20)6-4-13/h2-7,10,15H,8-9,11H2,1H3,(H,22,23). The molecule has 27 heavy (non-hydrogen) atoms. The first-order chi connectivity index (χ1) is 13.1. The predicted molar refractivity (Wildman–Crippen MR) is 95.7 cm³/mol. The van der Waals surface area contributed by atoms with Gasteiger partial charge in [-0.25, -0.2) is 4.39 Å². The van der Waals surface area contributed by atoms with E-state index in [1.165, 1.54) is 12.1 Å². The average Bonchev–Trinajstić information content (AvgIpc) is 3.34. The number of hydrogen-bond acceptors (Lipinski definition) is 5. The van der Waals surface area contributed by atoms with E-state index in [-0.39, 0.29) is 17.8 Å². The van der Waals surface area contributed by atoms with Crippen molar-refractivity contribution in [2.45, 2.75) is 19.4 Å². The van der Waals surface area contributed by atoms with E-state index in [0.29, 0.717) is 30.4 Å². The highest BCUT2D eigenvalue weighted by atomic mass is 19.1. The third kappa shape index (κ3) is 3.79. The molecular formula is C19H18FN5O2. The van der Waals surface area contributed by atoms with E-state index in [2.05, 4.69) is 20.4 Å². The number of rotatable bonds is 4. The molecule has 1 fully saturated rings. The first kappa shape index (κ1) is 17.1. The van der Waals surface area contributed by atoms with Gasteiger partial charge < -0.3 is 9.64 Å². The van der Waals surface area contributed by atoms with E-state index in [9.17, 15) is 9.18 Å². The van der Waals surface area contributed by atoms with E-state index < -0.39 is 0 Å². The van der Waals surface area contributed by atoms with Gasteiger partial charge in [-0.1, -0.05) is 0 Å². The van der Waals surface area contributed by atoms with Crippen LogP contribution in [0.5, 0.6) is 5.88 Å². The zero-order valence-corrected chi connectivity index (χ0v) is 14.7. The summed E-state index contributed by atoms with van der Waals surface area (Å²) in [5.74, 6) is 0.00366. The molecule has 1 aliphatic rings. The largest absolute Gasteiger partial charge is 0.471 e. The third-order valence-corrected chi connectivity index (χ3v) is 4.44. The number of hydrogen-bond donors (Lipinski definition) is 1. The van der Waals surface area contributed by atoms with Crippen LogP contribution in [0.3, 0.4) is 0 Å². The maximum Gasteiger partial charge on any atom is 0.272 e. The number of carbonyl (C=O) groups is 1. The number of aryl methyl sites for hydroxylation is 1. The number of H-pyrrole nitrogens is 1. The number of nitrogens with zero attached hydrogens (tertiary/aromatic N) is 4. The number of aromatic amines is 1. The Labute approximate surface area is 155 Å². The molecule has 2 aromatic heterocycles. The van der Waals surface area contributed by atoms with Crippen LogP contribution >= 0.6 is 0 Å². The van der Waals surface area contributed by atoms with Gasteiger partial charge in [-0.2, -0.15) is 10.2 Å². The first-order valence-corrected chi connectivity index (χ1v) is 8.66. The summed E-state index contributed by atoms with van der Waals surface area (Å²) in [6.07, 6.45) is 0.603. The molecule has 1 saturated heterocycles. The lowest BCUT2D eigenvalue weighted by Crippen LogP contribution is -2.31. The number of ether oxygens (including phenoxy) is 1. The van der Waals surface area contributed by atoms with E-state index in [4.69, 9.17) is 4.74 Å². The molecule has 1 aromatic carbocycles. The van der Waals surface area contributed by atoms with Crippen LogP contribution in [-0.4, -0.2) is 50.4 Å². The zero-order valence-electron chi connectivity index (χ0n) is 14.7. The van der Waals surface area contributed by atoms with Gasteiger partial charge in [0, 0.05) is 24.6 Å². The van der Waals surface area contributed by atoms with Crippen molar-refractivity contribution >= 4 is 5.91 Å². The molecule has 0 saturated carbocycles. The normalized spacial score (nSPS) is 16.5. The lowest BCUT2D eigenvalue weighted by Gasteiger charge is -2.15. The molecule has 8 heteroatoms. The van der Waals surface area contributed by atoms with Gasteiger partial charge in [-0.05, 0) is 43.3 Å². The molecule has 3 heterocycles. The lowest BCUT2D eigenvalue weighted by molar-refractivity contribution is 0.0765. The smallest absolute Gasteiger partial charge is 0.272 e. The molecule has 1 N–H and O–H groups in total. The number of amides is 1. The minimum atomic E-state index is -0.313. The molecule has 0 spiro atoms. The molecule has 0 aliphatic carbocycles. The van der Waals surface area contributed by atoms with E-state index in [1.54, 1.807) is 29.2 Å². The Morgan fingerprint density at radius 1 is 1.22 bits per heavy atom. The van der Waals surface area contributed by atoms with Gasteiger partial charge in [0.2, 0.25) is 5.88 Å². The van der Waals surface area contributed by atoms with Gasteiger partial charge in [0.1, 0.15) is 17.6 Å². The Hall–Kier alpha value is -3.29. The van der Waals surface area contributed by atoms with Crippen molar-refractivity contribution in [1.82, 2.24) is 25.3 Å². The molecule has 1 atom stereocenters. The minimum Gasteiger partial charge on any atom is -0.471 e. The summed E-state index contributed by atoms with van der Waals surface area (Å²) in [6.45, 7) is 2.92. The molecule has 0 bridgehead atoms. The fourth-order valence-electron chi connectivity index (χ4n) is 3.00. The second-order valence-corrected chi connectivity index (χ2v) is 6.47. The topological polar surface area (TPSA) is 84.0 Å². The molecular weight excluding hydrogens is 349 g/mol. The SMILES string of the molecule is Cc1ccc(OC2CCN(C(=O)c3cc(-c4ccc(F)cc4)n[nH]3)C2)nn1. The summed E-state index contributed by atoms with van der Waals surface area (Å²) < 4.78 is 18.8. The number of likely N-dealkylation sites (tertiary alicyclic amines) is 1. The molecule has 7 nitrogen and oxygen atoms in total. The molecule has 1 aliphatic heterocycles. The van der Waals surface area contributed by atoms with E-state index in [1.807, 2.05) is 13.0 Å². The van der Waals surface area contributed by atoms with Crippen molar-refractivity contribution in [3.63, 3.8) is 0 Å². The van der Waals surface area contributed by atoms with Crippen LogP contribution in [0.15, 0.2) is 42.5 Å². The number of benzene rings is 1. The van der Waals surface area contributed by atoms with Gasteiger partial charge in [-0.3, -0.25) is 9.89 Å². The summed E-state index contributed by atoms with van der Waals surface area (Å²) >= 11 is 0. The maximum atomic E-state index is 13.0. The summed E-state index contributed by atoms with van der Waals surface area (Å²) in [7, 11) is 0. The van der Waals surface area contributed by atoms with Crippen molar-refractivity contribution in [3.8, 4) is 17.1 Å². The second kappa shape index (κ2) is 7.14. The Morgan fingerprint density at radius 2 is 2.04 bits per heavy atom. The molecule has 0 radical (unpaired) electrons. The molecule has 1 amide bonds. The van der Waals surface area contributed by atoms with Crippen molar-refractivity contribution in [2.24, 2.45) is 0 Å². The van der Waals surface area contributed by atoms with Crippen molar-refractivity contribution < 1.29 is 13.9 Å².